The first-order valence-corrected chi connectivity index (χ1v) is 8.40. The SMILES string of the molecule is COC(=O)CCc1ccc(OCCCCCCC(C)C)cc1. The molecule has 1 aromatic carbocycles. The molecule has 0 spiro atoms. The van der Waals surface area contributed by atoms with E-state index in [2.05, 4.69) is 18.6 Å². The van der Waals surface area contributed by atoms with Crippen LogP contribution in [-0.2, 0) is 16.0 Å². The molecule has 0 aliphatic carbocycles. The molecule has 0 amide bonds. The van der Waals surface area contributed by atoms with Crippen LogP contribution in [0, 0.1) is 5.92 Å². The largest absolute Gasteiger partial charge is 0.494 e. The van der Waals surface area contributed by atoms with Gasteiger partial charge >= 0.3 is 5.97 Å². The molecular weight excluding hydrogens is 276 g/mol. The van der Waals surface area contributed by atoms with Crippen LogP contribution >= 0.6 is 0 Å². The van der Waals surface area contributed by atoms with E-state index in [-0.39, 0.29) is 5.97 Å². The zero-order chi connectivity index (χ0) is 16.2. The summed E-state index contributed by atoms with van der Waals surface area (Å²) >= 11 is 0. The van der Waals surface area contributed by atoms with E-state index < -0.39 is 0 Å². The Kier molecular flexibility index (Phi) is 9.36. The maximum absolute atomic E-state index is 11.1. The van der Waals surface area contributed by atoms with E-state index in [9.17, 15) is 4.79 Å². The van der Waals surface area contributed by atoms with Crippen molar-refractivity contribution in [3.05, 3.63) is 29.8 Å². The summed E-state index contributed by atoms with van der Waals surface area (Å²) < 4.78 is 10.4. The summed E-state index contributed by atoms with van der Waals surface area (Å²) in [4.78, 5) is 11.1. The predicted octanol–water partition coefficient (Wildman–Crippen LogP) is 4.78. The van der Waals surface area contributed by atoms with E-state index >= 15 is 0 Å². The number of carbonyl (C=O) groups is 1. The monoisotopic (exact) mass is 306 g/mol. The molecule has 1 aromatic rings. The van der Waals surface area contributed by atoms with Crippen LogP contribution in [0.5, 0.6) is 5.75 Å². The quantitative estimate of drug-likeness (QED) is 0.436. The Morgan fingerprint density at radius 1 is 1.05 bits per heavy atom. The van der Waals surface area contributed by atoms with Crippen LogP contribution in [0.3, 0.4) is 0 Å². The van der Waals surface area contributed by atoms with Crippen molar-refractivity contribution in [2.75, 3.05) is 13.7 Å². The van der Waals surface area contributed by atoms with Crippen LogP contribution in [-0.4, -0.2) is 19.7 Å². The summed E-state index contributed by atoms with van der Waals surface area (Å²) in [6.07, 6.45) is 7.44. The minimum absolute atomic E-state index is 0.169. The minimum Gasteiger partial charge on any atom is -0.494 e. The van der Waals surface area contributed by atoms with Crippen molar-refractivity contribution >= 4 is 5.97 Å². The summed E-state index contributed by atoms with van der Waals surface area (Å²) in [5, 5.41) is 0. The second kappa shape index (κ2) is 11.1. The van der Waals surface area contributed by atoms with Crippen LogP contribution in [0.25, 0.3) is 0 Å². The van der Waals surface area contributed by atoms with E-state index in [1.165, 1.54) is 32.8 Å². The molecule has 0 saturated heterocycles. The zero-order valence-electron chi connectivity index (χ0n) is 14.3. The van der Waals surface area contributed by atoms with Gasteiger partial charge < -0.3 is 9.47 Å². The number of unbranched alkanes of at least 4 members (excludes halogenated alkanes) is 3. The Balaban J connectivity index is 2.12. The maximum Gasteiger partial charge on any atom is 0.305 e. The lowest BCUT2D eigenvalue weighted by Crippen LogP contribution is -2.02. The van der Waals surface area contributed by atoms with Gasteiger partial charge in [-0.25, -0.2) is 0 Å². The Labute approximate surface area is 135 Å². The van der Waals surface area contributed by atoms with Crippen LogP contribution in [0.1, 0.15) is 57.9 Å². The third-order valence-corrected chi connectivity index (χ3v) is 3.71. The molecule has 0 N–H and O–H groups in total. The van der Waals surface area contributed by atoms with Crippen LogP contribution in [0.15, 0.2) is 24.3 Å². The first kappa shape index (κ1) is 18.5. The van der Waals surface area contributed by atoms with Crippen molar-refractivity contribution in [1.29, 1.82) is 0 Å². The molecule has 0 aliphatic rings. The topological polar surface area (TPSA) is 35.5 Å². The summed E-state index contributed by atoms with van der Waals surface area (Å²) in [6, 6.07) is 7.98. The number of aryl methyl sites for hydroxylation is 1. The average Bonchev–Trinajstić information content (AvgIpc) is 2.52. The van der Waals surface area contributed by atoms with Crippen molar-refractivity contribution < 1.29 is 14.3 Å². The molecule has 0 heterocycles. The Morgan fingerprint density at radius 3 is 2.36 bits per heavy atom. The Bertz CT molecular complexity index is 409. The molecule has 0 saturated carbocycles. The molecule has 124 valence electrons. The van der Waals surface area contributed by atoms with Crippen LogP contribution in [0.2, 0.25) is 0 Å². The summed E-state index contributed by atoms with van der Waals surface area (Å²) in [5.41, 5.74) is 1.13. The maximum atomic E-state index is 11.1. The van der Waals surface area contributed by atoms with Crippen molar-refractivity contribution in [3.8, 4) is 5.75 Å². The molecule has 0 aromatic heterocycles. The van der Waals surface area contributed by atoms with Gasteiger partial charge in [0.25, 0.3) is 0 Å². The Hall–Kier alpha value is -1.51. The molecule has 0 atom stereocenters. The Morgan fingerprint density at radius 2 is 1.73 bits per heavy atom. The molecule has 22 heavy (non-hydrogen) atoms. The van der Waals surface area contributed by atoms with E-state index in [1.54, 1.807) is 0 Å². The standard InChI is InChI=1S/C19H30O3/c1-16(2)8-6-4-5-7-15-22-18-12-9-17(10-13-18)11-14-19(20)21-3/h9-10,12-13,16H,4-8,11,14-15H2,1-3H3. The number of methoxy groups -OCH3 is 1. The molecule has 0 unspecified atom stereocenters. The van der Waals surface area contributed by atoms with Gasteiger partial charge in [0, 0.05) is 6.42 Å². The highest BCUT2D eigenvalue weighted by atomic mass is 16.5. The third-order valence-electron chi connectivity index (χ3n) is 3.71. The van der Waals surface area contributed by atoms with Gasteiger partial charge in [0.15, 0.2) is 0 Å². The van der Waals surface area contributed by atoms with E-state index in [0.717, 1.165) is 30.3 Å². The lowest BCUT2D eigenvalue weighted by Gasteiger charge is -2.08. The first-order valence-electron chi connectivity index (χ1n) is 8.40. The number of esters is 1. The summed E-state index contributed by atoms with van der Waals surface area (Å²) in [5.74, 6) is 1.55. The van der Waals surface area contributed by atoms with Gasteiger partial charge in [0.2, 0.25) is 0 Å². The highest BCUT2D eigenvalue weighted by molar-refractivity contribution is 5.69. The van der Waals surface area contributed by atoms with E-state index in [1.807, 2.05) is 24.3 Å². The number of rotatable bonds is 11. The smallest absolute Gasteiger partial charge is 0.305 e. The number of hydrogen-bond acceptors (Lipinski definition) is 3. The molecule has 0 fully saturated rings. The van der Waals surface area contributed by atoms with Crippen molar-refractivity contribution in [2.45, 2.75) is 58.8 Å². The van der Waals surface area contributed by atoms with Gasteiger partial charge in [-0.05, 0) is 36.5 Å². The van der Waals surface area contributed by atoms with Gasteiger partial charge in [0.1, 0.15) is 5.75 Å². The van der Waals surface area contributed by atoms with Gasteiger partial charge in [0.05, 0.1) is 13.7 Å². The van der Waals surface area contributed by atoms with Gasteiger partial charge in [-0.15, -0.1) is 0 Å². The van der Waals surface area contributed by atoms with Crippen molar-refractivity contribution in [3.63, 3.8) is 0 Å². The molecular formula is C19H30O3. The normalized spacial score (nSPS) is 10.7. The fraction of sp³-hybridized carbons (Fsp3) is 0.632. The molecule has 0 radical (unpaired) electrons. The number of carbonyl (C=O) groups excluding carboxylic acids is 1. The highest BCUT2D eigenvalue weighted by Gasteiger charge is 2.02. The number of hydrogen-bond donors (Lipinski definition) is 0. The second-order valence-corrected chi connectivity index (χ2v) is 6.17. The average molecular weight is 306 g/mol. The number of ether oxygens (including phenoxy) is 2. The first-order chi connectivity index (χ1) is 10.6. The second-order valence-electron chi connectivity index (χ2n) is 6.17. The molecule has 3 heteroatoms. The van der Waals surface area contributed by atoms with Crippen molar-refractivity contribution in [1.82, 2.24) is 0 Å². The fourth-order valence-electron chi connectivity index (χ4n) is 2.30. The minimum atomic E-state index is -0.169. The number of benzene rings is 1. The fourth-order valence-corrected chi connectivity index (χ4v) is 2.30. The van der Waals surface area contributed by atoms with Crippen LogP contribution < -0.4 is 4.74 Å². The predicted molar refractivity (Wildman–Crippen MR) is 90.2 cm³/mol. The third kappa shape index (κ3) is 8.71. The summed E-state index contributed by atoms with van der Waals surface area (Å²) in [7, 11) is 1.42. The highest BCUT2D eigenvalue weighted by Crippen LogP contribution is 2.15. The molecule has 0 bridgehead atoms. The van der Waals surface area contributed by atoms with Gasteiger partial charge in [-0.2, -0.15) is 0 Å². The van der Waals surface area contributed by atoms with Gasteiger partial charge in [-0.1, -0.05) is 51.7 Å². The molecule has 1 rings (SSSR count). The van der Waals surface area contributed by atoms with Crippen molar-refractivity contribution in [2.24, 2.45) is 5.92 Å². The van der Waals surface area contributed by atoms with E-state index in [0.29, 0.717) is 12.8 Å². The molecule has 3 nitrogen and oxygen atoms in total. The molecule has 0 aliphatic heterocycles. The lowest BCUT2D eigenvalue weighted by atomic mass is 10.0. The van der Waals surface area contributed by atoms with E-state index in [4.69, 9.17) is 4.74 Å². The van der Waals surface area contributed by atoms with Gasteiger partial charge in [-0.3, -0.25) is 4.79 Å². The zero-order valence-corrected chi connectivity index (χ0v) is 14.3. The lowest BCUT2D eigenvalue weighted by molar-refractivity contribution is -0.140. The van der Waals surface area contributed by atoms with Crippen LogP contribution in [0.4, 0.5) is 0 Å². The summed E-state index contributed by atoms with van der Waals surface area (Å²) in [6.45, 7) is 5.33.